The first-order valence-electron chi connectivity index (χ1n) is 5.96. The third kappa shape index (κ3) is 3.37. The highest BCUT2D eigenvalue weighted by Crippen LogP contribution is 2.22. The van der Waals surface area contributed by atoms with Gasteiger partial charge in [0.2, 0.25) is 5.91 Å². The minimum Gasteiger partial charge on any atom is -0.391 e. The van der Waals surface area contributed by atoms with Gasteiger partial charge < -0.3 is 10.0 Å². The Morgan fingerprint density at radius 1 is 1.44 bits per heavy atom. The molecule has 3 nitrogen and oxygen atoms in total. The van der Waals surface area contributed by atoms with Crippen LogP contribution in [0.15, 0.2) is 18.2 Å². The van der Waals surface area contributed by atoms with E-state index in [0.29, 0.717) is 23.1 Å². The molecule has 0 aromatic heterocycles. The number of nitrogens with zero attached hydrogens (tertiary/aromatic N) is 1. The number of aliphatic hydroxyl groups excluding tert-OH is 1. The maximum Gasteiger partial charge on any atom is 0.227 e. The topological polar surface area (TPSA) is 40.5 Å². The van der Waals surface area contributed by atoms with Gasteiger partial charge in [-0.15, -0.1) is 0 Å². The highest BCUT2D eigenvalue weighted by molar-refractivity contribution is 6.35. The number of hydrogen-bond donors (Lipinski definition) is 1. The van der Waals surface area contributed by atoms with Gasteiger partial charge in [0.05, 0.1) is 12.5 Å². The van der Waals surface area contributed by atoms with E-state index in [1.54, 1.807) is 23.1 Å². The first-order chi connectivity index (χ1) is 8.56. The standard InChI is InChI=1S/C13H15Cl2NO2/c14-10-4-3-9(12(15)7-10)6-13(18)16-5-1-2-11(17)8-16/h3-4,7,11,17H,1-2,5-6,8H2/t11-/m0/s1. The van der Waals surface area contributed by atoms with Gasteiger partial charge in [-0.05, 0) is 30.5 Å². The molecule has 0 bridgehead atoms. The summed E-state index contributed by atoms with van der Waals surface area (Å²) in [6.07, 6.45) is 1.47. The summed E-state index contributed by atoms with van der Waals surface area (Å²) in [7, 11) is 0. The second kappa shape index (κ2) is 5.91. The minimum atomic E-state index is -0.400. The number of carbonyl (C=O) groups excluding carboxylic acids is 1. The molecule has 0 radical (unpaired) electrons. The van der Waals surface area contributed by atoms with Gasteiger partial charge in [-0.2, -0.15) is 0 Å². The van der Waals surface area contributed by atoms with Crippen molar-refractivity contribution in [2.24, 2.45) is 0 Å². The van der Waals surface area contributed by atoms with Gasteiger partial charge in [0.1, 0.15) is 0 Å². The van der Waals surface area contributed by atoms with Crippen molar-refractivity contribution in [3.63, 3.8) is 0 Å². The Kier molecular flexibility index (Phi) is 4.49. The Hall–Kier alpha value is -0.770. The fourth-order valence-corrected chi connectivity index (χ4v) is 2.60. The Balaban J connectivity index is 2.02. The maximum atomic E-state index is 12.1. The number of benzene rings is 1. The number of β-amino-alcohol motifs (C(OH)–C–C–N with tert-alkyl or cyclic N) is 1. The fraction of sp³-hybridized carbons (Fsp3) is 0.462. The average Bonchev–Trinajstić information content (AvgIpc) is 2.32. The van der Waals surface area contributed by atoms with Crippen molar-refractivity contribution in [2.75, 3.05) is 13.1 Å². The quantitative estimate of drug-likeness (QED) is 0.908. The normalized spacial score (nSPS) is 19.9. The van der Waals surface area contributed by atoms with Gasteiger partial charge in [-0.3, -0.25) is 4.79 Å². The van der Waals surface area contributed by atoms with Crippen LogP contribution in [0.4, 0.5) is 0 Å². The molecular weight excluding hydrogens is 273 g/mol. The molecule has 98 valence electrons. The molecule has 0 aliphatic carbocycles. The van der Waals surface area contributed by atoms with Crippen LogP contribution in [0.25, 0.3) is 0 Å². The lowest BCUT2D eigenvalue weighted by Crippen LogP contribution is -2.42. The first kappa shape index (κ1) is 13.7. The Morgan fingerprint density at radius 3 is 2.89 bits per heavy atom. The molecule has 1 aromatic rings. The van der Waals surface area contributed by atoms with Gasteiger partial charge >= 0.3 is 0 Å². The second-order valence-corrected chi connectivity index (χ2v) is 5.39. The number of rotatable bonds is 2. The van der Waals surface area contributed by atoms with E-state index in [0.717, 1.165) is 18.4 Å². The molecule has 1 aliphatic rings. The van der Waals surface area contributed by atoms with Gasteiger partial charge in [-0.25, -0.2) is 0 Å². The third-order valence-electron chi connectivity index (χ3n) is 3.11. The summed E-state index contributed by atoms with van der Waals surface area (Å²) in [5.41, 5.74) is 0.770. The molecule has 1 fully saturated rings. The largest absolute Gasteiger partial charge is 0.391 e. The van der Waals surface area contributed by atoms with E-state index in [9.17, 15) is 9.90 Å². The molecular formula is C13H15Cl2NO2. The van der Waals surface area contributed by atoms with E-state index in [1.807, 2.05) is 0 Å². The molecule has 1 aromatic carbocycles. The van der Waals surface area contributed by atoms with Crippen molar-refractivity contribution in [3.8, 4) is 0 Å². The van der Waals surface area contributed by atoms with E-state index in [1.165, 1.54) is 0 Å². The molecule has 0 saturated carbocycles. The Morgan fingerprint density at radius 2 is 2.22 bits per heavy atom. The van der Waals surface area contributed by atoms with Crippen LogP contribution in [0.5, 0.6) is 0 Å². The average molecular weight is 288 g/mol. The molecule has 1 N–H and O–H groups in total. The van der Waals surface area contributed by atoms with Crippen LogP contribution in [0.1, 0.15) is 18.4 Å². The molecule has 1 amide bonds. The number of aliphatic hydroxyl groups is 1. The van der Waals surface area contributed by atoms with Crippen LogP contribution >= 0.6 is 23.2 Å². The van der Waals surface area contributed by atoms with Gasteiger partial charge in [-0.1, -0.05) is 29.3 Å². The zero-order chi connectivity index (χ0) is 13.1. The first-order valence-corrected chi connectivity index (χ1v) is 6.71. The van der Waals surface area contributed by atoms with E-state index in [2.05, 4.69) is 0 Å². The molecule has 0 unspecified atom stereocenters. The molecule has 1 atom stereocenters. The molecule has 0 spiro atoms. The lowest BCUT2D eigenvalue weighted by atomic mass is 10.1. The number of hydrogen-bond acceptors (Lipinski definition) is 2. The van der Waals surface area contributed by atoms with Crippen LogP contribution in [-0.4, -0.2) is 35.1 Å². The molecule has 2 rings (SSSR count). The van der Waals surface area contributed by atoms with Crippen LogP contribution in [0.3, 0.4) is 0 Å². The summed E-state index contributed by atoms with van der Waals surface area (Å²) >= 11 is 11.8. The molecule has 5 heteroatoms. The Bertz CT molecular complexity index is 451. The van der Waals surface area contributed by atoms with Crippen LogP contribution < -0.4 is 0 Å². The zero-order valence-corrected chi connectivity index (χ0v) is 11.4. The van der Waals surface area contributed by atoms with E-state index in [-0.39, 0.29) is 12.3 Å². The van der Waals surface area contributed by atoms with Crippen LogP contribution in [0.2, 0.25) is 10.0 Å². The van der Waals surface area contributed by atoms with E-state index >= 15 is 0 Å². The second-order valence-electron chi connectivity index (χ2n) is 4.55. The maximum absolute atomic E-state index is 12.1. The molecule has 1 heterocycles. The Labute approximate surface area is 116 Å². The van der Waals surface area contributed by atoms with Gasteiger partial charge in [0.15, 0.2) is 0 Å². The number of piperidine rings is 1. The summed E-state index contributed by atoms with van der Waals surface area (Å²) in [6.45, 7) is 1.13. The van der Waals surface area contributed by atoms with Crippen molar-refractivity contribution in [1.29, 1.82) is 0 Å². The molecule has 1 saturated heterocycles. The summed E-state index contributed by atoms with van der Waals surface area (Å²) < 4.78 is 0. The number of amides is 1. The number of halogens is 2. The van der Waals surface area contributed by atoms with Crippen molar-refractivity contribution >= 4 is 29.1 Å². The SMILES string of the molecule is O=C(Cc1ccc(Cl)cc1Cl)N1CCC[C@H](O)C1. The van der Waals surface area contributed by atoms with Crippen molar-refractivity contribution < 1.29 is 9.90 Å². The van der Waals surface area contributed by atoms with Gasteiger partial charge in [0.25, 0.3) is 0 Å². The zero-order valence-electron chi connectivity index (χ0n) is 9.90. The number of likely N-dealkylation sites (tertiary alicyclic amines) is 1. The summed E-state index contributed by atoms with van der Waals surface area (Å²) in [6, 6.07) is 5.13. The van der Waals surface area contributed by atoms with Crippen LogP contribution in [-0.2, 0) is 11.2 Å². The fourth-order valence-electron chi connectivity index (χ4n) is 2.12. The predicted molar refractivity (Wildman–Crippen MR) is 72.0 cm³/mol. The smallest absolute Gasteiger partial charge is 0.227 e. The lowest BCUT2D eigenvalue weighted by molar-refractivity contribution is -0.133. The third-order valence-corrected chi connectivity index (χ3v) is 3.69. The predicted octanol–water partition coefficient (Wildman–Crippen LogP) is 2.52. The van der Waals surface area contributed by atoms with Crippen LogP contribution in [0, 0.1) is 0 Å². The summed E-state index contributed by atoms with van der Waals surface area (Å²) in [4.78, 5) is 13.8. The highest BCUT2D eigenvalue weighted by Gasteiger charge is 2.22. The van der Waals surface area contributed by atoms with Crippen molar-refractivity contribution in [1.82, 2.24) is 4.90 Å². The van der Waals surface area contributed by atoms with Crippen molar-refractivity contribution in [2.45, 2.75) is 25.4 Å². The monoisotopic (exact) mass is 287 g/mol. The minimum absolute atomic E-state index is 0.00188. The highest BCUT2D eigenvalue weighted by atomic mass is 35.5. The van der Waals surface area contributed by atoms with E-state index < -0.39 is 6.10 Å². The molecule has 18 heavy (non-hydrogen) atoms. The van der Waals surface area contributed by atoms with Gasteiger partial charge in [0, 0.05) is 23.1 Å². The lowest BCUT2D eigenvalue weighted by Gasteiger charge is -2.30. The van der Waals surface area contributed by atoms with E-state index in [4.69, 9.17) is 23.2 Å². The van der Waals surface area contributed by atoms with Crippen molar-refractivity contribution in [3.05, 3.63) is 33.8 Å². The molecule has 1 aliphatic heterocycles. The summed E-state index contributed by atoms with van der Waals surface area (Å²) in [5, 5.41) is 10.6. The number of carbonyl (C=O) groups is 1. The summed E-state index contributed by atoms with van der Waals surface area (Å²) in [5.74, 6) is -0.00188.